The molecule has 0 aliphatic carbocycles. The summed E-state index contributed by atoms with van der Waals surface area (Å²) in [7, 11) is 1.44. The number of hydrogen-bond donors (Lipinski definition) is 2. The van der Waals surface area contributed by atoms with Crippen molar-refractivity contribution in [3.05, 3.63) is 83.4 Å². The van der Waals surface area contributed by atoms with Crippen LogP contribution in [0.25, 0.3) is 0 Å². The van der Waals surface area contributed by atoms with Crippen molar-refractivity contribution in [3.63, 3.8) is 0 Å². The lowest BCUT2D eigenvalue weighted by Gasteiger charge is -2.10. The molecule has 9 heteroatoms. The number of carbonyl (C=O) groups excluding carboxylic acids is 2. The average Bonchev–Trinajstić information content (AvgIpc) is 3.32. The summed E-state index contributed by atoms with van der Waals surface area (Å²) in [5.41, 5.74) is 3.62. The van der Waals surface area contributed by atoms with Crippen molar-refractivity contribution in [3.8, 4) is 23.0 Å². The highest BCUT2D eigenvalue weighted by Crippen LogP contribution is 2.33. The molecule has 0 unspecified atom stereocenters. The van der Waals surface area contributed by atoms with Gasteiger partial charge in [-0.3, -0.25) is 4.79 Å². The predicted octanol–water partition coefficient (Wildman–Crippen LogP) is 2.83. The number of methoxy groups -OCH3 is 1. The van der Waals surface area contributed by atoms with Crippen molar-refractivity contribution in [1.82, 2.24) is 5.43 Å². The highest BCUT2D eigenvalue weighted by molar-refractivity contribution is 5.92. The minimum absolute atomic E-state index is 0.107. The molecular formula is C24H20N2O7. The van der Waals surface area contributed by atoms with Crippen molar-refractivity contribution >= 4 is 18.1 Å². The molecule has 33 heavy (non-hydrogen) atoms. The van der Waals surface area contributed by atoms with Crippen LogP contribution >= 0.6 is 0 Å². The molecular weight excluding hydrogens is 428 g/mol. The monoisotopic (exact) mass is 448 g/mol. The first-order chi connectivity index (χ1) is 16.0. The van der Waals surface area contributed by atoms with E-state index in [-0.39, 0.29) is 12.5 Å². The van der Waals surface area contributed by atoms with Crippen LogP contribution < -0.4 is 24.4 Å². The van der Waals surface area contributed by atoms with Crippen LogP contribution in [0.3, 0.4) is 0 Å². The standard InChI is InChI=1S/C24H20N2O7/c1-30-20-11-15(13-25-26-23(28)22(27)16-5-3-2-4-6-16)7-9-19(20)33-24(29)17-8-10-18-21(12-17)32-14-31-18/h2-13,22,27H,14H2,1H3,(H,26,28)/b25-13-/t22-/m0/s1. The van der Waals surface area contributed by atoms with E-state index in [9.17, 15) is 14.7 Å². The second-order valence-electron chi connectivity index (χ2n) is 6.92. The number of esters is 1. The van der Waals surface area contributed by atoms with Gasteiger partial charge in [-0.05, 0) is 47.5 Å². The summed E-state index contributed by atoms with van der Waals surface area (Å²) in [6, 6.07) is 18.1. The number of aliphatic hydroxyl groups is 1. The molecule has 3 aromatic rings. The van der Waals surface area contributed by atoms with E-state index < -0.39 is 18.0 Å². The highest BCUT2D eigenvalue weighted by atomic mass is 16.7. The zero-order valence-corrected chi connectivity index (χ0v) is 17.6. The van der Waals surface area contributed by atoms with E-state index in [0.29, 0.717) is 33.9 Å². The molecule has 168 valence electrons. The largest absolute Gasteiger partial charge is 0.493 e. The molecule has 1 aliphatic heterocycles. The number of nitrogens with one attached hydrogen (secondary N) is 1. The second-order valence-corrected chi connectivity index (χ2v) is 6.92. The van der Waals surface area contributed by atoms with E-state index in [2.05, 4.69) is 10.5 Å². The van der Waals surface area contributed by atoms with Gasteiger partial charge in [-0.1, -0.05) is 30.3 Å². The lowest BCUT2D eigenvalue weighted by Crippen LogP contribution is -2.25. The van der Waals surface area contributed by atoms with Gasteiger partial charge in [0.1, 0.15) is 0 Å². The Morgan fingerprint density at radius 2 is 1.82 bits per heavy atom. The van der Waals surface area contributed by atoms with Gasteiger partial charge < -0.3 is 24.1 Å². The molecule has 0 aromatic heterocycles. The van der Waals surface area contributed by atoms with E-state index in [0.717, 1.165) is 0 Å². The van der Waals surface area contributed by atoms with Gasteiger partial charge in [-0.2, -0.15) is 5.10 Å². The van der Waals surface area contributed by atoms with Crippen molar-refractivity contribution in [2.45, 2.75) is 6.10 Å². The van der Waals surface area contributed by atoms with Crippen LogP contribution in [0.5, 0.6) is 23.0 Å². The molecule has 4 rings (SSSR count). The van der Waals surface area contributed by atoms with Crippen LogP contribution in [0.4, 0.5) is 0 Å². The van der Waals surface area contributed by atoms with Gasteiger partial charge in [-0.15, -0.1) is 0 Å². The summed E-state index contributed by atoms with van der Waals surface area (Å²) in [6.45, 7) is 0.107. The minimum atomic E-state index is -1.34. The third kappa shape index (κ3) is 5.10. The minimum Gasteiger partial charge on any atom is -0.493 e. The molecule has 0 saturated carbocycles. The fourth-order valence-electron chi connectivity index (χ4n) is 3.05. The number of fused-ring (bicyclic) bond motifs is 1. The Balaban J connectivity index is 1.40. The maximum Gasteiger partial charge on any atom is 0.343 e. The molecule has 0 fully saturated rings. The van der Waals surface area contributed by atoms with Gasteiger partial charge in [-0.25, -0.2) is 10.2 Å². The first-order valence-corrected chi connectivity index (χ1v) is 9.91. The Bertz CT molecular complexity index is 1190. The first kappa shape index (κ1) is 21.8. The van der Waals surface area contributed by atoms with Crippen LogP contribution in [0.2, 0.25) is 0 Å². The number of hydrogen-bond acceptors (Lipinski definition) is 8. The van der Waals surface area contributed by atoms with Crippen LogP contribution in [0.1, 0.15) is 27.6 Å². The maximum atomic E-state index is 12.5. The van der Waals surface area contributed by atoms with Gasteiger partial charge >= 0.3 is 5.97 Å². The molecule has 0 saturated heterocycles. The molecule has 2 N–H and O–H groups in total. The number of aliphatic hydroxyl groups excluding tert-OH is 1. The number of amides is 1. The molecule has 1 aliphatic rings. The molecule has 0 radical (unpaired) electrons. The van der Waals surface area contributed by atoms with E-state index in [1.165, 1.54) is 13.3 Å². The van der Waals surface area contributed by atoms with E-state index in [1.54, 1.807) is 66.7 Å². The molecule has 0 spiro atoms. The Morgan fingerprint density at radius 1 is 1.03 bits per heavy atom. The van der Waals surface area contributed by atoms with E-state index in [4.69, 9.17) is 18.9 Å². The van der Waals surface area contributed by atoms with Crippen LogP contribution in [-0.4, -0.2) is 37.1 Å². The summed E-state index contributed by atoms with van der Waals surface area (Å²) < 4.78 is 21.3. The molecule has 1 heterocycles. The summed E-state index contributed by atoms with van der Waals surface area (Å²) in [4.78, 5) is 24.6. The topological polar surface area (TPSA) is 116 Å². The Morgan fingerprint density at radius 3 is 2.61 bits per heavy atom. The van der Waals surface area contributed by atoms with Crippen LogP contribution in [0, 0.1) is 0 Å². The normalized spacial score (nSPS) is 12.9. The summed E-state index contributed by atoms with van der Waals surface area (Å²) in [6.07, 6.45) is 0.0394. The average molecular weight is 448 g/mol. The van der Waals surface area contributed by atoms with Crippen molar-refractivity contribution in [2.24, 2.45) is 5.10 Å². The zero-order chi connectivity index (χ0) is 23.2. The molecule has 0 bridgehead atoms. The smallest absolute Gasteiger partial charge is 0.343 e. The lowest BCUT2D eigenvalue weighted by molar-refractivity contribution is -0.129. The number of nitrogens with zero attached hydrogens (tertiary/aromatic N) is 1. The van der Waals surface area contributed by atoms with Crippen LogP contribution in [0.15, 0.2) is 71.8 Å². The summed E-state index contributed by atoms with van der Waals surface area (Å²) in [5, 5.41) is 13.9. The van der Waals surface area contributed by atoms with Crippen molar-refractivity contribution in [1.29, 1.82) is 0 Å². The lowest BCUT2D eigenvalue weighted by atomic mass is 10.1. The summed E-state index contributed by atoms with van der Waals surface area (Å²) >= 11 is 0. The van der Waals surface area contributed by atoms with Gasteiger partial charge in [0, 0.05) is 0 Å². The zero-order valence-electron chi connectivity index (χ0n) is 17.6. The fourth-order valence-corrected chi connectivity index (χ4v) is 3.05. The molecule has 9 nitrogen and oxygen atoms in total. The van der Waals surface area contributed by atoms with Gasteiger partial charge in [0.05, 0.1) is 18.9 Å². The number of carbonyl (C=O) groups is 2. The SMILES string of the molecule is COc1cc(/C=N\NC(=O)[C@@H](O)c2ccccc2)ccc1OC(=O)c1ccc2c(c1)OCO2. The first-order valence-electron chi connectivity index (χ1n) is 9.91. The third-order valence-corrected chi connectivity index (χ3v) is 4.75. The Kier molecular flexibility index (Phi) is 6.51. The Hall–Kier alpha value is -4.37. The summed E-state index contributed by atoms with van der Waals surface area (Å²) in [5.74, 6) is 0.289. The van der Waals surface area contributed by atoms with Crippen LogP contribution in [-0.2, 0) is 4.79 Å². The third-order valence-electron chi connectivity index (χ3n) is 4.75. The quantitative estimate of drug-likeness (QED) is 0.247. The number of rotatable bonds is 7. The van der Waals surface area contributed by atoms with Gasteiger partial charge in [0.15, 0.2) is 29.1 Å². The second kappa shape index (κ2) is 9.84. The molecule has 1 atom stereocenters. The predicted molar refractivity (Wildman–Crippen MR) is 118 cm³/mol. The molecule has 1 amide bonds. The van der Waals surface area contributed by atoms with Gasteiger partial charge in [0.2, 0.25) is 6.79 Å². The number of benzene rings is 3. The van der Waals surface area contributed by atoms with E-state index in [1.807, 2.05) is 0 Å². The number of hydrazone groups is 1. The molecule has 3 aromatic carbocycles. The maximum absolute atomic E-state index is 12.5. The Labute approximate surface area is 189 Å². The highest BCUT2D eigenvalue weighted by Gasteiger charge is 2.19. The fraction of sp³-hybridized carbons (Fsp3) is 0.125. The van der Waals surface area contributed by atoms with Crippen molar-refractivity contribution in [2.75, 3.05) is 13.9 Å². The van der Waals surface area contributed by atoms with E-state index >= 15 is 0 Å². The van der Waals surface area contributed by atoms with Gasteiger partial charge in [0.25, 0.3) is 5.91 Å². The number of ether oxygens (including phenoxy) is 4. The van der Waals surface area contributed by atoms with Crippen molar-refractivity contribution < 1.29 is 33.6 Å².